The molecule has 0 amide bonds. The van der Waals surface area contributed by atoms with Crippen molar-refractivity contribution in [2.24, 2.45) is 0 Å². The van der Waals surface area contributed by atoms with E-state index in [4.69, 9.17) is 0 Å². The summed E-state index contributed by atoms with van der Waals surface area (Å²) in [5.41, 5.74) is 1.09. The molecule has 1 aromatic carbocycles. The van der Waals surface area contributed by atoms with Gasteiger partial charge in [-0.15, -0.1) is 0 Å². The molecule has 1 nitrogen and oxygen atoms in total. The average Bonchev–Trinajstić information content (AvgIpc) is 2.85. The fourth-order valence-corrected chi connectivity index (χ4v) is 4.62. The van der Waals surface area contributed by atoms with Crippen LogP contribution in [0, 0.1) is 0 Å². The number of hydrogen-bond acceptors (Lipinski definition) is 1. The van der Waals surface area contributed by atoms with Gasteiger partial charge in [-0.05, 0) is 24.5 Å². The third-order valence-electron chi connectivity index (χ3n) is 7.00. The maximum atomic E-state index is 9.58. The summed E-state index contributed by atoms with van der Waals surface area (Å²) in [7, 11) is 0. The molecule has 0 aliphatic rings. The number of phenols is 1. The molecule has 0 fully saturated rings. The molecule has 0 heterocycles. The molecule has 0 radical (unpaired) electrons. The van der Waals surface area contributed by atoms with Crippen molar-refractivity contribution < 1.29 is 5.11 Å². The van der Waals surface area contributed by atoms with E-state index in [0.717, 1.165) is 12.0 Å². The lowest BCUT2D eigenvalue weighted by atomic mass is 10.0. The first-order valence-electron chi connectivity index (χ1n) is 15.5. The van der Waals surface area contributed by atoms with Crippen molar-refractivity contribution in [1.82, 2.24) is 0 Å². The molecular weight excluding hydrogens is 412 g/mol. The quantitative estimate of drug-likeness (QED) is 0.156. The Morgan fingerprint density at radius 1 is 0.412 bits per heavy atom. The molecule has 1 rings (SSSR count). The number of phenolic OH excluding ortho intramolecular Hbond substituents is 1. The van der Waals surface area contributed by atoms with Gasteiger partial charge in [0.1, 0.15) is 5.75 Å². The predicted molar refractivity (Wildman–Crippen MR) is 155 cm³/mol. The monoisotopic (exact) mass is 474 g/mol. The van der Waals surface area contributed by atoms with E-state index in [-0.39, 0.29) is 0 Å². The molecule has 0 aromatic heterocycles. The van der Waals surface area contributed by atoms with E-state index in [0.29, 0.717) is 5.75 Å². The summed E-state index contributed by atoms with van der Waals surface area (Å²) in [6, 6.07) is 7.67. The lowest BCUT2D eigenvalue weighted by Gasteiger charge is -2.04. The minimum atomic E-state index is 0.452. The highest BCUT2D eigenvalue weighted by atomic mass is 16.3. The Morgan fingerprint density at radius 3 is 1.03 bits per heavy atom. The Balaban J connectivity index is 0.000000644. The molecule has 0 saturated heterocycles. The van der Waals surface area contributed by atoms with Gasteiger partial charge in [0.2, 0.25) is 0 Å². The van der Waals surface area contributed by atoms with Gasteiger partial charge in [-0.2, -0.15) is 0 Å². The van der Waals surface area contributed by atoms with E-state index in [1.807, 2.05) is 18.2 Å². The van der Waals surface area contributed by atoms with Crippen LogP contribution in [-0.4, -0.2) is 5.11 Å². The summed E-state index contributed by atoms with van der Waals surface area (Å²) < 4.78 is 0. The summed E-state index contributed by atoms with van der Waals surface area (Å²) in [6.07, 6.45) is 33.7. The number of aryl methyl sites for hydroxylation is 1. The highest BCUT2D eigenvalue weighted by molar-refractivity contribution is 5.31. The summed E-state index contributed by atoms with van der Waals surface area (Å²) in [4.78, 5) is 0. The van der Waals surface area contributed by atoms with E-state index in [1.54, 1.807) is 6.07 Å². The van der Waals surface area contributed by atoms with Crippen molar-refractivity contribution in [2.45, 2.75) is 175 Å². The van der Waals surface area contributed by atoms with E-state index in [9.17, 15) is 5.11 Å². The van der Waals surface area contributed by atoms with Crippen LogP contribution in [0.3, 0.4) is 0 Å². The molecule has 0 unspecified atom stereocenters. The second-order valence-electron chi connectivity index (χ2n) is 10.4. The van der Waals surface area contributed by atoms with Crippen LogP contribution in [0.2, 0.25) is 0 Å². The van der Waals surface area contributed by atoms with Crippen LogP contribution >= 0.6 is 0 Å². The van der Waals surface area contributed by atoms with Gasteiger partial charge in [-0.25, -0.2) is 0 Å². The Hall–Kier alpha value is -0.980. The van der Waals surface area contributed by atoms with Crippen molar-refractivity contribution in [1.29, 1.82) is 0 Å². The molecule has 0 aliphatic heterocycles. The number of unbranched alkanes of at least 4 members (excludes halogenated alkanes) is 21. The fraction of sp³-hybridized carbons (Fsp3) is 0.818. The summed E-state index contributed by atoms with van der Waals surface area (Å²) in [6.45, 7) is 6.84. The maximum Gasteiger partial charge on any atom is 0.118 e. The van der Waals surface area contributed by atoms with E-state index in [2.05, 4.69) is 20.8 Å². The molecule has 34 heavy (non-hydrogen) atoms. The molecule has 1 heteroatoms. The van der Waals surface area contributed by atoms with E-state index >= 15 is 0 Å². The number of benzene rings is 1. The zero-order valence-corrected chi connectivity index (χ0v) is 23.7. The van der Waals surface area contributed by atoms with Gasteiger partial charge in [0.25, 0.3) is 0 Å². The first kappa shape index (κ1) is 33.0. The summed E-state index contributed by atoms with van der Waals surface area (Å²) in [5.74, 6) is 0.452. The van der Waals surface area contributed by atoms with Gasteiger partial charge in [0.05, 0.1) is 0 Å². The number of aromatic hydroxyl groups is 1. The first-order valence-corrected chi connectivity index (χ1v) is 15.5. The smallest absolute Gasteiger partial charge is 0.118 e. The molecule has 1 aromatic rings. The average molecular weight is 475 g/mol. The second-order valence-corrected chi connectivity index (χ2v) is 10.4. The normalized spacial score (nSPS) is 10.8. The Kier molecular flexibility index (Phi) is 27.4. The van der Waals surface area contributed by atoms with Crippen LogP contribution in [0.25, 0.3) is 0 Å². The predicted octanol–water partition coefficient (Wildman–Crippen LogP) is 12.0. The topological polar surface area (TPSA) is 20.2 Å². The van der Waals surface area contributed by atoms with Crippen LogP contribution in [-0.2, 0) is 6.42 Å². The third kappa shape index (κ3) is 24.2. The van der Waals surface area contributed by atoms with Gasteiger partial charge in [0.15, 0.2) is 0 Å². The summed E-state index contributed by atoms with van der Waals surface area (Å²) in [5, 5.41) is 9.58. The lowest BCUT2D eigenvalue weighted by Crippen LogP contribution is -1.87. The first-order chi connectivity index (χ1) is 16.8. The fourth-order valence-electron chi connectivity index (χ4n) is 4.62. The van der Waals surface area contributed by atoms with E-state index < -0.39 is 0 Å². The van der Waals surface area contributed by atoms with Crippen LogP contribution in [0.5, 0.6) is 5.75 Å². The van der Waals surface area contributed by atoms with Crippen molar-refractivity contribution in [3.63, 3.8) is 0 Å². The van der Waals surface area contributed by atoms with E-state index in [1.165, 1.54) is 148 Å². The summed E-state index contributed by atoms with van der Waals surface area (Å²) >= 11 is 0. The SMILES string of the molecule is CCCCCCCCCCCCCCCCCC.CCCCCCCCCc1ccccc1O. The van der Waals surface area contributed by atoms with Crippen molar-refractivity contribution >= 4 is 0 Å². The second kappa shape index (κ2) is 28.3. The van der Waals surface area contributed by atoms with Crippen LogP contribution in [0.4, 0.5) is 0 Å². The molecular formula is C33H62O. The molecule has 0 aliphatic carbocycles. The Morgan fingerprint density at radius 2 is 0.706 bits per heavy atom. The minimum absolute atomic E-state index is 0.452. The zero-order chi connectivity index (χ0) is 25.0. The molecule has 1 N–H and O–H groups in total. The van der Waals surface area contributed by atoms with Gasteiger partial charge < -0.3 is 5.11 Å². The molecule has 0 spiro atoms. The van der Waals surface area contributed by atoms with Crippen LogP contribution in [0.15, 0.2) is 24.3 Å². The van der Waals surface area contributed by atoms with Gasteiger partial charge >= 0.3 is 0 Å². The standard InChI is InChI=1S/C18H38.C15H24O/c1-3-5-7-9-11-13-15-17-18-16-14-12-10-8-6-4-2;1-2-3-4-5-6-7-8-11-14-12-9-10-13-15(14)16/h3-18H2,1-2H3;9-10,12-13,16H,2-8,11H2,1H3. The minimum Gasteiger partial charge on any atom is -0.508 e. The highest BCUT2D eigenvalue weighted by Crippen LogP contribution is 2.19. The molecule has 0 atom stereocenters. The molecule has 200 valence electrons. The maximum absolute atomic E-state index is 9.58. The van der Waals surface area contributed by atoms with Crippen molar-refractivity contribution in [3.8, 4) is 5.75 Å². The number of hydrogen-bond donors (Lipinski definition) is 1. The Bertz CT molecular complexity index is 479. The van der Waals surface area contributed by atoms with Crippen molar-refractivity contribution in [2.75, 3.05) is 0 Å². The Labute approximate surface area is 215 Å². The lowest BCUT2D eigenvalue weighted by molar-refractivity contribution is 0.466. The molecule has 0 saturated carbocycles. The molecule has 0 bridgehead atoms. The highest BCUT2D eigenvalue weighted by Gasteiger charge is 1.99. The van der Waals surface area contributed by atoms with Gasteiger partial charge in [-0.3, -0.25) is 0 Å². The van der Waals surface area contributed by atoms with Gasteiger partial charge in [0, 0.05) is 0 Å². The van der Waals surface area contributed by atoms with Crippen LogP contribution in [0.1, 0.15) is 174 Å². The number of rotatable bonds is 23. The number of para-hydroxylation sites is 1. The third-order valence-corrected chi connectivity index (χ3v) is 7.00. The van der Waals surface area contributed by atoms with Gasteiger partial charge in [-0.1, -0.05) is 180 Å². The zero-order valence-electron chi connectivity index (χ0n) is 23.7. The largest absolute Gasteiger partial charge is 0.508 e. The van der Waals surface area contributed by atoms with Crippen molar-refractivity contribution in [3.05, 3.63) is 29.8 Å². The van der Waals surface area contributed by atoms with Crippen LogP contribution < -0.4 is 0 Å².